The lowest BCUT2D eigenvalue weighted by Gasteiger charge is -2.11. The Kier molecular flexibility index (Phi) is 2.51. The predicted octanol–water partition coefficient (Wildman–Crippen LogP) is 4.08. The molecule has 0 aliphatic heterocycles. The molecule has 2 nitrogen and oxygen atoms in total. The normalized spacial score (nSPS) is 14.1. The molecule has 0 spiro atoms. The largest absolute Gasteiger partial charge is 0.289 e. The Labute approximate surface area is 113 Å². The number of benzene rings is 2. The van der Waals surface area contributed by atoms with Crippen molar-refractivity contribution in [3.63, 3.8) is 0 Å². The Balaban J connectivity index is 2.38. The Hall–Kier alpha value is -1.64. The molecule has 0 unspecified atom stereocenters. The van der Waals surface area contributed by atoms with Crippen LogP contribution in [0.3, 0.4) is 0 Å². The van der Waals surface area contributed by atoms with Crippen molar-refractivity contribution in [3.05, 3.63) is 57.6 Å². The lowest BCUT2D eigenvalue weighted by molar-refractivity contribution is 0.0994. The first-order valence-electron chi connectivity index (χ1n) is 5.26. The van der Waals surface area contributed by atoms with Crippen molar-refractivity contribution < 1.29 is 9.59 Å². The van der Waals surface area contributed by atoms with Crippen LogP contribution >= 0.6 is 23.2 Å². The third-order valence-corrected chi connectivity index (χ3v) is 3.65. The summed E-state index contributed by atoms with van der Waals surface area (Å²) in [5.41, 5.74) is 0.821. The van der Waals surface area contributed by atoms with E-state index in [2.05, 4.69) is 0 Å². The number of hydrogen-bond acceptors (Lipinski definition) is 2. The summed E-state index contributed by atoms with van der Waals surface area (Å²) in [5.74, 6) is -0.338. The van der Waals surface area contributed by atoms with E-state index in [0.29, 0.717) is 21.2 Å². The third kappa shape index (κ3) is 1.65. The van der Waals surface area contributed by atoms with Crippen LogP contribution in [-0.4, -0.2) is 11.6 Å². The summed E-state index contributed by atoms with van der Waals surface area (Å²) in [7, 11) is 0. The van der Waals surface area contributed by atoms with Gasteiger partial charge >= 0.3 is 0 Å². The molecule has 0 fully saturated rings. The molecule has 0 heterocycles. The highest BCUT2D eigenvalue weighted by molar-refractivity contribution is 6.43. The molecule has 4 heteroatoms. The first-order valence-corrected chi connectivity index (χ1v) is 6.01. The molecule has 0 bridgehead atoms. The highest BCUT2D eigenvalue weighted by Crippen LogP contribution is 2.31. The number of fused-ring (bicyclic) bond motifs is 2. The van der Waals surface area contributed by atoms with Gasteiger partial charge in [-0.1, -0.05) is 23.2 Å². The number of rotatable bonds is 0. The Morgan fingerprint density at radius 1 is 0.667 bits per heavy atom. The number of ketones is 2. The van der Waals surface area contributed by atoms with Crippen molar-refractivity contribution in [2.45, 2.75) is 0 Å². The fourth-order valence-corrected chi connectivity index (χ4v) is 2.38. The van der Waals surface area contributed by atoms with Gasteiger partial charge in [0.15, 0.2) is 11.6 Å². The van der Waals surface area contributed by atoms with Crippen molar-refractivity contribution in [1.29, 1.82) is 0 Å². The summed E-state index contributed by atoms with van der Waals surface area (Å²) in [5, 5.41) is 2.43. The molecule has 88 valence electrons. The Morgan fingerprint density at radius 2 is 1.06 bits per heavy atom. The van der Waals surface area contributed by atoms with Gasteiger partial charge in [-0.05, 0) is 47.2 Å². The molecule has 1 aliphatic rings. The van der Waals surface area contributed by atoms with Crippen LogP contribution in [0.1, 0.15) is 20.7 Å². The molecule has 3 rings (SSSR count). The Morgan fingerprint density at radius 3 is 1.44 bits per heavy atom. The van der Waals surface area contributed by atoms with Crippen LogP contribution in [0, 0.1) is 0 Å². The van der Waals surface area contributed by atoms with Gasteiger partial charge in [0.2, 0.25) is 0 Å². The van der Waals surface area contributed by atoms with Crippen LogP contribution in [0.15, 0.2) is 36.4 Å². The van der Waals surface area contributed by atoms with E-state index in [1.165, 1.54) is 12.2 Å². The maximum Gasteiger partial charge on any atom is 0.186 e. The summed E-state index contributed by atoms with van der Waals surface area (Å²) in [4.78, 5) is 23.5. The number of carbonyl (C=O) groups excluding carboxylic acids is 2. The van der Waals surface area contributed by atoms with Gasteiger partial charge in [-0.3, -0.25) is 9.59 Å². The van der Waals surface area contributed by atoms with E-state index in [4.69, 9.17) is 23.2 Å². The van der Waals surface area contributed by atoms with Gasteiger partial charge in [0.1, 0.15) is 0 Å². The lowest BCUT2D eigenvalue weighted by Crippen LogP contribution is -2.11. The smallest absolute Gasteiger partial charge is 0.186 e. The summed E-state index contributed by atoms with van der Waals surface area (Å²) in [6.07, 6.45) is 2.57. The zero-order valence-corrected chi connectivity index (χ0v) is 10.5. The topological polar surface area (TPSA) is 34.1 Å². The maximum absolute atomic E-state index is 11.7. The molecule has 0 atom stereocenters. The fourth-order valence-electron chi connectivity index (χ4n) is 2.03. The molecule has 0 saturated carbocycles. The second-order valence-electron chi connectivity index (χ2n) is 4.07. The van der Waals surface area contributed by atoms with Gasteiger partial charge in [-0.25, -0.2) is 0 Å². The number of carbonyl (C=O) groups is 2. The van der Waals surface area contributed by atoms with Crippen LogP contribution < -0.4 is 0 Å². The summed E-state index contributed by atoms with van der Waals surface area (Å²) < 4.78 is 0. The second kappa shape index (κ2) is 3.94. The number of allylic oxidation sites excluding steroid dienone is 2. The van der Waals surface area contributed by atoms with Crippen LogP contribution in [0.25, 0.3) is 10.8 Å². The molecular weight excluding hydrogens is 271 g/mol. The van der Waals surface area contributed by atoms with Gasteiger partial charge in [0, 0.05) is 11.1 Å². The van der Waals surface area contributed by atoms with Gasteiger partial charge < -0.3 is 0 Å². The van der Waals surface area contributed by atoms with Crippen molar-refractivity contribution >= 4 is 45.5 Å². The molecule has 0 radical (unpaired) electrons. The lowest BCUT2D eigenvalue weighted by atomic mass is 9.92. The number of halogens is 2. The third-order valence-electron chi connectivity index (χ3n) is 2.93. The zero-order valence-electron chi connectivity index (χ0n) is 9.04. The highest BCUT2D eigenvalue weighted by Gasteiger charge is 2.19. The molecule has 2 aromatic carbocycles. The second-order valence-corrected chi connectivity index (χ2v) is 4.89. The van der Waals surface area contributed by atoms with Crippen molar-refractivity contribution in [1.82, 2.24) is 0 Å². The molecular formula is C14H6Cl2O2. The van der Waals surface area contributed by atoms with E-state index in [0.717, 1.165) is 10.8 Å². The van der Waals surface area contributed by atoms with Gasteiger partial charge in [-0.15, -0.1) is 0 Å². The molecule has 0 saturated heterocycles. The van der Waals surface area contributed by atoms with E-state index >= 15 is 0 Å². The van der Waals surface area contributed by atoms with E-state index < -0.39 is 0 Å². The molecule has 0 amide bonds. The van der Waals surface area contributed by atoms with Crippen LogP contribution in [-0.2, 0) is 0 Å². The molecule has 0 aromatic heterocycles. The summed E-state index contributed by atoms with van der Waals surface area (Å²) in [6.45, 7) is 0. The summed E-state index contributed by atoms with van der Waals surface area (Å²) in [6, 6.07) is 6.73. The van der Waals surface area contributed by atoms with Gasteiger partial charge in [0.25, 0.3) is 0 Å². The van der Waals surface area contributed by atoms with Crippen LogP contribution in [0.5, 0.6) is 0 Å². The Bertz CT molecular complexity index is 683. The van der Waals surface area contributed by atoms with Gasteiger partial charge in [0.05, 0.1) is 10.0 Å². The molecule has 1 aliphatic carbocycles. The average molecular weight is 277 g/mol. The fraction of sp³-hybridized carbons (Fsp3) is 0. The van der Waals surface area contributed by atoms with E-state index in [-0.39, 0.29) is 11.6 Å². The molecule has 0 N–H and O–H groups in total. The van der Waals surface area contributed by atoms with Crippen LogP contribution in [0.2, 0.25) is 10.0 Å². The monoisotopic (exact) mass is 276 g/mol. The minimum absolute atomic E-state index is 0.169. The van der Waals surface area contributed by atoms with Gasteiger partial charge in [-0.2, -0.15) is 0 Å². The average Bonchev–Trinajstić information content (AvgIpc) is 2.34. The highest BCUT2D eigenvalue weighted by atomic mass is 35.5. The first kappa shape index (κ1) is 11.5. The standard InChI is InChI=1S/C14H6Cl2O2/c15-11-5-7-3-9-10(4-8(7)6-12(11)16)14(18)2-1-13(9)17/h1-6H. The molecule has 18 heavy (non-hydrogen) atoms. The van der Waals surface area contributed by atoms with E-state index in [1.807, 2.05) is 0 Å². The van der Waals surface area contributed by atoms with Crippen LogP contribution in [0.4, 0.5) is 0 Å². The zero-order chi connectivity index (χ0) is 12.9. The van der Waals surface area contributed by atoms with E-state index in [9.17, 15) is 9.59 Å². The van der Waals surface area contributed by atoms with Crippen molar-refractivity contribution in [3.8, 4) is 0 Å². The minimum Gasteiger partial charge on any atom is -0.289 e. The number of hydrogen-bond donors (Lipinski definition) is 0. The molecule has 2 aromatic rings. The summed E-state index contributed by atoms with van der Waals surface area (Å²) >= 11 is 11.9. The first-order chi connectivity index (χ1) is 8.56. The predicted molar refractivity (Wildman–Crippen MR) is 71.8 cm³/mol. The quantitative estimate of drug-likeness (QED) is 0.727. The minimum atomic E-state index is -0.169. The van der Waals surface area contributed by atoms with Crippen molar-refractivity contribution in [2.75, 3.05) is 0 Å². The maximum atomic E-state index is 11.7. The SMILES string of the molecule is O=C1C=CC(=O)c2cc3cc(Cl)c(Cl)cc3cc21. The van der Waals surface area contributed by atoms with Crippen molar-refractivity contribution in [2.24, 2.45) is 0 Å². The van der Waals surface area contributed by atoms with E-state index in [1.54, 1.807) is 24.3 Å².